The van der Waals surface area contributed by atoms with Crippen molar-refractivity contribution in [2.24, 2.45) is 0 Å². The van der Waals surface area contributed by atoms with Crippen molar-refractivity contribution < 1.29 is 19.0 Å². The van der Waals surface area contributed by atoms with Gasteiger partial charge in [-0.2, -0.15) is 0 Å². The Labute approximate surface area is 120 Å². The molecule has 1 aromatic rings. The third-order valence-electron chi connectivity index (χ3n) is 2.35. The van der Waals surface area contributed by atoms with E-state index in [9.17, 15) is 4.79 Å². The molecule has 1 rings (SSSR count). The Balaban J connectivity index is 2.34. The maximum absolute atomic E-state index is 11.5. The van der Waals surface area contributed by atoms with Crippen LogP contribution in [0.3, 0.4) is 0 Å². The lowest BCUT2D eigenvalue weighted by molar-refractivity contribution is -0.155. The van der Waals surface area contributed by atoms with Gasteiger partial charge in [0.2, 0.25) is 0 Å². The summed E-state index contributed by atoms with van der Waals surface area (Å²) in [6.45, 7) is 5.97. The quantitative estimate of drug-likeness (QED) is 0.493. The number of carbonyl (C=O) groups is 1. The molecule has 0 saturated carbocycles. The molecule has 0 unspecified atom stereocenters. The molecule has 0 aliphatic rings. The van der Waals surface area contributed by atoms with Crippen molar-refractivity contribution in [2.75, 3.05) is 19.5 Å². The van der Waals surface area contributed by atoms with Crippen LogP contribution >= 0.6 is 0 Å². The number of esters is 1. The monoisotopic (exact) mass is 281 g/mol. The Morgan fingerprint density at radius 1 is 1.20 bits per heavy atom. The molecular weight excluding hydrogens is 258 g/mol. The van der Waals surface area contributed by atoms with Gasteiger partial charge in [0.15, 0.2) is 0 Å². The van der Waals surface area contributed by atoms with Gasteiger partial charge in [-0.15, -0.1) is 0 Å². The van der Waals surface area contributed by atoms with Crippen LogP contribution < -0.4 is 15.2 Å². The summed E-state index contributed by atoms with van der Waals surface area (Å²) in [6.07, 6.45) is 0.919. The molecule has 0 aliphatic carbocycles. The molecule has 0 fully saturated rings. The van der Waals surface area contributed by atoms with Crippen molar-refractivity contribution in [2.45, 2.75) is 39.2 Å². The lowest BCUT2D eigenvalue weighted by Gasteiger charge is -2.19. The number of hydrogen-bond donors (Lipinski definition) is 1. The topological polar surface area (TPSA) is 70.8 Å². The Morgan fingerprint density at radius 3 is 2.45 bits per heavy atom. The van der Waals surface area contributed by atoms with Gasteiger partial charge in [0.1, 0.15) is 17.1 Å². The van der Waals surface area contributed by atoms with Crippen LogP contribution in [0.25, 0.3) is 0 Å². The average Bonchev–Trinajstić information content (AvgIpc) is 2.32. The van der Waals surface area contributed by atoms with E-state index >= 15 is 0 Å². The first-order valence-corrected chi connectivity index (χ1v) is 6.59. The second-order valence-electron chi connectivity index (χ2n) is 5.48. The van der Waals surface area contributed by atoms with Gasteiger partial charge in [0.25, 0.3) is 0 Å². The molecule has 0 atom stereocenters. The standard InChI is InChI=1S/C15H23NO4/c1-15(2,3)20-14(17)6-5-7-19-13-9-11(16)8-12(10-13)18-4/h8-10H,5-7,16H2,1-4H3. The highest BCUT2D eigenvalue weighted by Gasteiger charge is 2.15. The van der Waals surface area contributed by atoms with E-state index in [1.54, 1.807) is 25.3 Å². The highest BCUT2D eigenvalue weighted by Crippen LogP contribution is 2.24. The van der Waals surface area contributed by atoms with E-state index < -0.39 is 5.60 Å². The van der Waals surface area contributed by atoms with Crippen molar-refractivity contribution >= 4 is 11.7 Å². The van der Waals surface area contributed by atoms with Gasteiger partial charge in [-0.05, 0) is 27.2 Å². The van der Waals surface area contributed by atoms with E-state index in [4.69, 9.17) is 19.9 Å². The zero-order chi connectivity index (χ0) is 15.2. The second kappa shape index (κ2) is 7.03. The van der Waals surface area contributed by atoms with Crippen LogP contribution in [0.15, 0.2) is 18.2 Å². The van der Waals surface area contributed by atoms with Crippen LogP contribution in [-0.2, 0) is 9.53 Å². The SMILES string of the molecule is COc1cc(N)cc(OCCCC(=O)OC(C)(C)C)c1. The average molecular weight is 281 g/mol. The molecule has 0 aliphatic heterocycles. The van der Waals surface area contributed by atoms with Crippen LogP contribution in [-0.4, -0.2) is 25.3 Å². The molecule has 5 heteroatoms. The molecule has 1 aromatic carbocycles. The van der Waals surface area contributed by atoms with Crippen molar-refractivity contribution in [1.29, 1.82) is 0 Å². The number of nitrogens with two attached hydrogens (primary N) is 1. The molecular formula is C15H23NO4. The van der Waals surface area contributed by atoms with E-state index in [1.807, 2.05) is 20.8 Å². The number of rotatable bonds is 6. The predicted molar refractivity (Wildman–Crippen MR) is 78.0 cm³/mol. The maximum Gasteiger partial charge on any atom is 0.306 e. The Morgan fingerprint density at radius 2 is 1.85 bits per heavy atom. The number of benzene rings is 1. The van der Waals surface area contributed by atoms with Crippen LogP contribution in [0.1, 0.15) is 33.6 Å². The van der Waals surface area contributed by atoms with Crippen LogP contribution in [0, 0.1) is 0 Å². The van der Waals surface area contributed by atoms with Gasteiger partial charge in [0.05, 0.1) is 13.7 Å². The number of methoxy groups -OCH3 is 1. The summed E-state index contributed by atoms with van der Waals surface area (Å²) in [7, 11) is 1.57. The predicted octanol–water partition coefficient (Wildman–Crippen LogP) is 2.78. The Hall–Kier alpha value is -1.91. The smallest absolute Gasteiger partial charge is 0.306 e. The number of hydrogen-bond acceptors (Lipinski definition) is 5. The fraction of sp³-hybridized carbons (Fsp3) is 0.533. The lowest BCUT2D eigenvalue weighted by Crippen LogP contribution is -2.23. The Bertz CT molecular complexity index is 452. The fourth-order valence-electron chi connectivity index (χ4n) is 1.59. The second-order valence-corrected chi connectivity index (χ2v) is 5.48. The molecule has 0 spiro atoms. The van der Waals surface area contributed by atoms with Gasteiger partial charge >= 0.3 is 5.97 Å². The molecule has 0 radical (unpaired) electrons. The molecule has 0 aromatic heterocycles. The number of ether oxygens (including phenoxy) is 3. The highest BCUT2D eigenvalue weighted by molar-refractivity contribution is 5.69. The molecule has 20 heavy (non-hydrogen) atoms. The maximum atomic E-state index is 11.5. The normalized spacial score (nSPS) is 11.0. The van der Waals surface area contributed by atoms with Crippen LogP contribution in [0.4, 0.5) is 5.69 Å². The summed E-state index contributed by atoms with van der Waals surface area (Å²) >= 11 is 0. The highest BCUT2D eigenvalue weighted by atomic mass is 16.6. The fourth-order valence-corrected chi connectivity index (χ4v) is 1.59. The molecule has 5 nitrogen and oxygen atoms in total. The minimum atomic E-state index is -0.445. The van der Waals surface area contributed by atoms with E-state index in [2.05, 4.69) is 0 Å². The minimum absolute atomic E-state index is 0.216. The number of nitrogen functional groups attached to an aromatic ring is 1. The molecule has 0 amide bonds. The minimum Gasteiger partial charge on any atom is -0.497 e. The zero-order valence-electron chi connectivity index (χ0n) is 12.6. The third kappa shape index (κ3) is 6.31. The third-order valence-corrected chi connectivity index (χ3v) is 2.35. The summed E-state index contributed by atoms with van der Waals surface area (Å²) < 4.78 is 15.9. The van der Waals surface area contributed by atoms with E-state index in [0.29, 0.717) is 36.6 Å². The summed E-state index contributed by atoms with van der Waals surface area (Å²) in [5.74, 6) is 1.06. The molecule has 2 N–H and O–H groups in total. The molecule has 0 saturated heterocycles. The lowest BCUT2D eigenvalue weighted by atomic mass is 10.2. The Kier molecular flexibility index (Phi) is 5.67. The largest absolute Gasteiger partial charge is 0.497 e. The van der Waals surface area contributed by atoms with Crippen molar-refractivity contribution in [3.8, 4) is 11.5 Å². The van der Waals surface area contributed by atoms with Crippen molar-refractivity contribution in [3.63, 3.8) is 0 Å². The van der Waals surface area contributed by atoms with Crippen molar-refractivity contribution in [3.05, 3.63) is 18.2 Å². The van der Waals surface area contributed by atoms with Gasteiger partial charge in [0, 0.05) is 30.3 Å². The molecule has 0 bridgehead atoms. The van der Waals surface area contributed by atoms with Crippen molar-refractivity contribution in [1.82, 2.24) is 0 Å². The first kappa shape index (κ1) is 16.1. The van der Waals surface area contributed by atoms with E-state index in [-0.39, 0.29) is 5.97 Å². The first-order valence-electron chi connectivity index (χ1n) is 6.59. The van der Waals surface area contributed by atoms with E-state index in [1.165, 1.54) is 0 Å². The van der Waals surface area contributed by atoms with Gasteiger partial charge in [-0.1, -0.05) is 0 Å². The van der Waals surface area contributed by atoms with Gasteiger partial charge in [-0.25, -0.2) is 0 Å². The van der Waals surface area contributed by atoms with Gasteiger partial charge < -0.3 is 19.9 Å². The summed E-state index contributed by atoms with van der Waals surface area (Å²) in [4.78, 5) is 11.5. The van der Waals surface area contributed by atoms with E-state index in [0.717, 1.165) is 0 Å². The van der Waals surface area contributed by atoms with Crippen LogP contribution in [0.5, 0.6) is 11.5 Å². The number of anilines is 1. The molecule has 0 heterocycles. The molecule has 112 valence electrons. The van der Waals surface area contributed by atoms with Gasteiger partial charge in [-0.3, -0.25) is 4.79 Å². The summed E-state index contributed by atoms with van der Waals surface area (Å²) in [5, 5.41) is 0. The summed E-state index contributed by atoms with van der Waals surface area (Å²) in [6, 6.07) is 5.19. The number of carbonyl (C=O) groups excluding carboxylic acids is 1. The summed E-state index contributed by atoms with van der Waals surface area (Å²) in [5.41, 5.74) is 5.85. The first-order chi connectivity index (χ1) is 9.30. The van der Waals surface area contributed by atoms with Crippen LogP contribution in [0.2, 0.25) is 0 Å². The zero-order valence-corrected chi connectivity index (χ0v) is 12.6.